The Labute approximate surface area is 114 Å². The van der Waals surface area contributed by atoms with Crippen LogP contribution in [0.25, 0.3) is 11.3 Å². The lowest BCUT2D eigenvalue weighted by molar-refractivity contribution is 0.279. The predicted molar refractivity (Wildman–Crippen MR) is 76.4 cm³/mol. The fraction of sp³-hybridized carbons (Fsp3) is 0.231. The Hall–Kier alpha value is -0.710. The van der Waals surface area contributed by atoms with Gasteiger partial charge in [0.25, 0.3) is 0 Å². The third-order valence-corrected chi connectivity index (χ3v) is 4.42. The number of aliphatic hydroxyl groups is 1. The quantitative estimate of drug-likeness (QED) is 0.841. The lowest BCUT2D eigenvalue weighted by Crippen LogP contribution is -1.84. The van der Waals surface area contributed by atoms with E-state index in [1.165, 1.54) is 5.56 Å². The summed E-state index contributed by atoms with van der Waals surface area (Å²) in [6, 6.07) is 8.15. The molecule has 2 rings (SSSR count). The Balaban J connectivity index is 2.53. The van der Waals surface area contributed by atoms with Crippen LogP contribution in [0.5, 0.6) is 0 Å². The number of halogens is 1. The molecule has 0 aliphatic heterocycles. The van der Waals surface area contributed by atoms with Crippen molar-refractivity contribution in [2.45, 2.75) is 18.6 Å². The Bertz CT molecular complexity index is 515. The second kappa shape index (κ2) is 5.29. The zero-order valence-corrected chi connectivity index (χ0v) is 12.2. The molecule has 0 aliphatic rings. The van der Waals surface area contributed by atoms with Crippen molar-refractivity contribution in [1.82, 2.24) is 4.98 Å². The van der Waals surface area contributed by atoms with Gasteiger partial charge in [-0.15, -0.1) is 11.8 Å². The Morgan fingerprint density at radius 3 is 2.76 bits per heavy atom. The van der Waals surface area contributed by atoms with Crippen LogP contribution in [-0.4, -0.2) is 16.3 Å². The highest BCUT2D eigenvalue weighted by Crippen LogP contribution is 2.31. The van der Waals surface area contributed by atoms with Gasteiger partial charge in [-0.25, -0.2) is 0 Å². The van der Waals surface area contributed by atoms with Gasteiger partial charge in [-0.1, -0.05) is 28.1 Å². The second-order valence-corrected chi connectivity index (χ2v) is 5.48. The normalized spacial score (nSPS) is 10.8. The first kappa shape index (κ1) is 12.7. The maximum atomic E-state index is 9.29. The van der Waals surface area contributed by atoms with E-state index >= 15 is 0 Å². The first-order chi connectivity index (χ1) is 8.17. The molecule has 0 atom stereocenters. The molecular formula is C13H14BrNOS. The van der Waals surface area contributed by atoms with Gasteiger partial charge in [0.05, 0.1) is 11.6 Å². The van der Waals surface area contributed by atoms with Gasteiger partial charge in [0.1, 0.15) is 0 Å². The van der Waals surface area contributed by atoms with E-state index in [-0.39, 0.29) is 6.61 Å². The molecule has 1 aromatic heterocycles. The number of aliphatic hydroxyl groups excluding tert-OH is 1. The maximum absolute atomic E-state index is 9.29. The SMILES string of the molecule is CSc1[nH]c(-c2cccc(Br)c2C)cc1CO. The fourth-order valence-electron chi connectivity index (χ4n) is 1.82. The molecule has 0 fully saturated rings. The number of aromatic amines is 1. The van der Waals surface area contributed by atoms with E-state index in [9.17, 15) is 5.11 Å². The molecule has 1 aromatic carbocycles. The van der Waals surface area contributed by atoms with Gasteiger partial charge >= 0.3 is 0 Å². The van der Waals surface area contributed by atoms with E-state index in [4.69, 9.17) is 0 Å². The molecule has 0 spiro atoms. The lowest BCUT2D eigenvalue weighted by Gasteiger charge is -2.05. The van der Waals surface area contributed by atoms with Crippen LogP contribution in [0.2, 0.25) is 0 Å². The number of hydrogen-bond donors (Lipinski definition) is 2. The zero-order chi connectivity index (χ0) is 12.4. The molecule has 4 heteroatoms. The summed E-state index contributed by atoms with van der Waals surface area (Å²) in [6.07, 6.45) is 2.00. The molecule has 2 nitrogen and oxygen atoms in total. The average molecular weight is 312 g/mol. The van der Waals surface area contributed by atoms with Gasteiger partial charge in [0.2, 0.25) is 0 Å². The van der Waals surface area contributed by atoms with Crippen LogP contribution in [0.15, 0.2) is 33.8 Å². The summed E-state index contributed by atoms with van der Waals surface area (Å²) in [5, 5.41) is 10.3. The molecule has 0 radical (unpaired) electrons. The van der Waals surface area contributed by atoms with E-state index in [2.05, 4.69) is 33.9 Å². The van der Waals surface area contributed by atoms with E-state index in [0.29, 0.717) is 0 Å². The predicted octanol–water partition coefficient (Wildman–Crippen LogP) is 3.97. The molecule has 17 heavy (non-hydrogen) atoms. The number of nitrogens with one attached hydrogen (secondary N) is 1. The molecular weight excluding hydrogens is 298 g/mol. The van der Waals surface area contributed by atoms with Crippen molar-refractivity contribution in [3.8, 4) is 11.3 Å². The molecule has 0 saturated carbocycles. The summed E-state index contributed by atoms with van der Waals surface area (Å²) in [5.74, 6) is 0. The molecule has 0 unspecified atom stereocenters. The van der Waals surface area contributed by atoms with Crippen molar-refractivity contribution >= 4 is 27.7 Å². The van der Waals surface area contributed by atoms with Crippen molar-refractivity contribution in [1.29, 1.82) is 0 Å². The van der Waals surface area contributed by atoms with Crippen molar-refractivity contribution in [3.05, 3.63) is 39.9 Å². The van der Waals surface area contributed by atoms with Crippen molar-refractivity contribution in [2.24, 2.45) is 0 Å². The van der Waals surface area contributed by atoms with Gasteiger partial charge in [-0.2, -0.15) is 0 Å². The maximum Gasteiger partial charge on any atom is 0.0779 e. The third-order valence-electron chi connectivity index (χ3n) is 2.79. The highest BCUT2D eigenvalue weighted by atomic mass is 79.9. The molecule has 0 aliphatic carbocycles. The van der Waals surface area contributed by atoms with Crippen LogP contribution >= 0.6 is 27.7 Å². The molecule has 0 amide bonds. The Morgan fingerprint density at radius 1 is 1.41 bits per heavy atom. The van der Waals surface area contributed by atoms with E-state index in [1.54, 1.807) is 11.8 Å². The molecule has 0 bridgehead atoms. The number of rotatable bonds is 3. The summed E-state index contributed by atoms with van der Waals surface area (Å²) in [6.45, 7) is 2.15. The highest BCUT2D eigenvalue weighted by molar-refractivity contribution is 9.10. The van der Waals surface area contributed by atoms with E-state index < -0.39 is 0 Å². The second-order valence-electron chi connectivity index (χ2n) is 3.81. The van der Waals surface area contributed by atoms with E-state index in [1.807, 2.05) is 24.5 Å². The summed E-state index contributed by atoms with van der Waals surface area (Å²) >= 11 is 5.15. The average Bonchev–Trinajstić information content (AvgIpc) is 2.75. The molecule has 1 heterocycles. The monoisotopic (exact) mass is 311 g/mol. The summed E-state index contributed by atoms with van der Waals surface area (Å²) in [5.41, 5.74) is 4.37. The molecule has 90 valence electrons. The number of thioether (sulfide) groups is 1. The van der Waals surface area contributed by atoms with E-state index in [0.717, 1.165) is 26.3 Å². The van der Waals surface area contributed by atoms with Crippen molar-refractivity contribution < 1.29 is 5.11 Å². The summed E-state index contributed by atoms with van der Waals surface area (Å²) in [7, 11) is 0. The lowest BCUT2D eigenvalue weighted by atomic mass is 10.1. The standard InChI is InChI=1S/C13H14BrNOS/c1-8-10(4-3-5-11(8)14)12-6-9(7-16)13(15-12)17-2/h3-6,15-16H,7H2,1-2H3. The minimum Gasteiger partial charge on any atom is -0.392 e. The summed E-state index contributed by atoms with van der Waals surface area (Å²) < 4.78 is 1.10. The minimum atomic E-state index is 0.0692. The van der Waals surface area contributed by atoms with Crippen LogP contribution in [0.3, 0.4) is 0 Å². The smallest absolute Gasteiger partial charge is 0.0779 e. The van der Waals surface area contributed by atoms with Gasteiger partial charge in [-0.05, 0) is 30.9 Å². The van der Waals surface area contributed by atoms with Gasteiger partial charge < -0.3 is 10.1 Å². The largest absolute Gasteiger partial charge is 0.392 e. The highest BCUT2D eigenvalue weighted by Gasteiger charge is 2.10. The van der Waals surface area contributed by atoms with Crippen LogP contribution in [-0.2, 0) is 6.61 Å². The Kier molecular flexibility index (Phi) is 3.97. The zero-order valence-electron chi connectivity index (χ0n) is 9.75. The molecule has 0 saturated heterocycles. The fourth-order valence-corrected chi connectivity index (χ4v) is 2.79. The van der Waals surface area contributed by atoms with Crippen LogP contribution < -0.4 is 0 Å². The number of hydrogen-bond acceptors (Lipinski definition) is 2. The first-order valence-electron chi connectivity index (χ1n) is 5.29. The third kappa shape index (κ3) is 2.44. The number of H-pyrrole nitrogens is 1. The van der Waals surface area contributed by atoms with Crippen LogP contribution in [0.1, 0.15) is 11.1 Å². The first-order valence-corrected chi connectivity index (χ1v) is 7.31. The van der Waals surface area contributed by atoms with Crippen molar-refractivity contribution in [3.63, 3.8) is 0 Å². The van der Waals surface area contributed by atoms with Crippen molar-refractivity contribution in [2.75, 3.05) is 6.26 Å². The summed E-state index contributed by atoms with van der Waals surface area (Å²) in [4.78, 5) is 3.35. The van der Waals surface area contributed by atoms with Gasteiger partial charge in [0.15, 0.2) is 0 Å². The minimum absolute atomic E-state index is 0.0692. The Morgan fingerprint density at radius 2 is 2.18 bits per heavy atom. The molecule has 2 N–H and O–H groups in total. The number of aromatic nitrogens is 1. The van der Waals surface area contributed by atoms with Crippen LogP contribution in [0, 0.1) is 6.92 Å². The van der Waals surface area contributed by atoms with Crippen LogP contribution in [0.4, 0.5) is 0 Å². The van der Waals surface area contributed by atoms with Gasteiger partial charge in [0, 0.05) is 21.3 Å². The molecule has 2 aromatic rings. The topological polar surface area (TPSA) is 36.0 Å². The van der Waals surface area contributed by atoms with Gasteiger partial charge in [-0.3, -0.25) is 0 Å². The number of benzene rings is 1.